The summed E-state index contributed by atoms with van der Waals surface area (Å²) in [5.41, 5.74) is 2.64. The van der Waals surface area contributed by atoms with E-state index in [9.17, 15) is 9.59 Å². The number of para-hydroxylation sites is 1. The number of aromatic nitrogens is 1. The average molecular weight is 284 g/mol. The summed E-state index contributed by atoms with van der Waals surface area (Å²) in [4.78, 5) is 23.5. The van der Waals surface area contributed by atoms with Gasteiger partial charge in [-0.1, -0.05) is 38.0 Å². The van der Waals surface area contributed by atoms with Crippen LogP contribution in [0.3, 0.4) is 0 Å². The first-order valence-corrected chi connectivity index (χ1v) is 7.28. The second kappa shape index (κ2) is 7.43. The van der Waals surface area contributed by atoms with E-state index in [-0.39, 0.29) is 11.8 Å². The van der Waals surface area contributed by atoms with Crippen molar-refractivity contribution in [2.75, 3.05) is 0 Å². The molecule has 4 heteroatoms. The van der Waals surface area contributed by atoms with Crippen molar-refractivity contribution in [1.82, 2.24) is 10.3 Å². The van der Waals surface area contributed by atoms with Crippen LogP contribution >= 0.6 is 0 Å². The lowest BCUT2D eigenvalue weighted by Crippen LogP contribution is -2.19. The number of benzene rings is 1. The van der Waals surface area contributed by atoms with Crippen LogP contribution in [0.15, 0.2) is 42.5 Å². The fourth-order valence-corrected chi connectivity index (χ4v) is 2.19. The molecule has 0 unspecified atom stereocenters. The molecule has 2 aromatic rings. The molecule has 0 bridgehead atoms. The lowest BCUT2D eigenvalue weighted by atomic mass is 10.1. The molecule has 1 aromatic heterocycles. The molecular weight excluding hydrogens is 264 g/mol. The smallest absolute Gasteiger partial charge is 0.250 e. The van der Waals surface area contributed by atoms with Crippen LogP contribution < -0.4 is 5.32 Å². The third-order valence-electron chi connectivity index (χ3n) is 3.27. The van der Waals surface area contributed by atoms with E-state index in [1.54, 1.807) is 0 Å². The Morgan fingerprint density at radius 2 is 1.71 bits per heavy atom. The van der Waals surface area contributed by atoms with E-state index in [0.717, 1.165) is 0 Å². The fourth-order valence-electron chi connectivity index (χ4n) is 2.19. The molecule has 2 heterocycles. The number of carbonyl (C=O) groups is 2. The van der Waals surface area contributed by atoms with Gasteiger partial charge in [-0.2, -0.15) is 0 Å². The molecule has 1 aromatic carbocycles. The van der Waals surface area contributed by atoms with Crippen molar-refractivity contribution in [2.45, 2.75) is 32.6 Å². The van der Waals surface area contributed by atoms with Gasteiger partial charge in [0.05, 0.1) is 0 Å². The van der Waals surface area contributed by atoms with Crippen LogP contribution in [0.5, 0.6) is 0 Å². The summed E-state index contributed by atoms with van der Waals surface area (Å²) in [6.45, 7) is 2.24. The zero-order valence-corrected chi connectivity index (χ0v) is 12.2. The molecule has 2 N–H and O–H groups in total. The zero-order chi connectivity index (χ0) is 15.1. The largest absolute Gasteiger partial charge is 0.358 e. The van der Waals surface area contributed by atoms with Gasteiger partial charge in [-0.05, 0) is 30.4 Å². The van der Waals surface area contributed by atoms with E-state index < -0.39 is 0 Å². The highest BCUT2D eigenvalue weighted by atomic mass is 16.2. The van der Waals surface area contributed by atoms with Gasteiger partial charge in [0.2, 0.25) is 0 Å². The molecule has 0 saturated carbocycles. The first-order valence-electron chi connectivity index (χ1n) is 7.28. The molecule has 110 valence electrons. The fraction of sp³-hybridized carbons (Fsp3) is 0.294. The maximum Gasteiger partial charge on any atom is 0.250 e. The summed E-state index contributed by atoms with van der Waals surface area (Å²) in [5.74, 6) is -0.657. The third kappa shape index (κ3) is 4.60. The van der Waals surface area contributed by atoms with Gasteiger partial charge in [0.15, 0.2) is 0 Å². The minimum absolute atomic E-state index is 0.329. The van der Waals surface area contributed by atoms with Gasteiger partial charge in [-0.25, -0.2) is 0 Å². The summed E-state index contributed by atoms with van der Waals surface area (Å²) < 4.78 is 0. The monoisotopic (exact) mass is 284 g/mol. The van der Waals surface area contributed by atoms with Gasteiger partial charge in [0, 0.05) is 23.4 Å². The van der Waals surface area contributed by atoms with E-state index in [4.69, 9.17) is 0 Å². The van der Waals surface area contributed by atoms with Crippen molar-refractivity contribution < 1.29 is 9.59 Å². The molecule has 0 aliphatic carbocycles. The van der Waals surface area contributed by atoms with Gasteiger partial charge in [-0.3, -0.25) is 14.9 Å². The van der Waals surface area contributed by atoms with Crippen LogP contribution in [0.2, 0.25) is 0 Å². The molecule has 1 aliphatic rings. The Morgan fingerprint density at radius 1 is 1.00 bits per heavy atom. The number of hydrogen-bond donors (Lipinski definition) is 2. The highest BCUT2D eigenvalue weighted by Crippen LogP contribution is 2.16. The van der Waals surface area contributed by atoms with E-state index in [1.807, 2.05) is 5.32 Å². The molecule has 2 amide bonds. The minimum atomic E-state index is -0.329. The Balaban J connectivity index is 0.000000194. The van der Waals surface area contributed by atoms with Crippen LogP contribution in [0.1, 0.15) is 31.9 Å². The molecular formula is C17H20N2O2. The van der Waals surface area contributed by atoms with Crippen molar-refractivity contribution in [3.8, 4) is 0 Å². The molecule has 0 fully saturated rings. The number of carbonyl (C=O) groups excluding carboxylic acids is 2. The predicted octanol–water partition coefficient (Wildman–Crippen LogP) is 3.10. The van der Waals surface area contributed by atoms with Crippen molar-refractivity contribution in [2.24, 2.45) is 0 Å². The number of hydrogen-bond acceptors (Lipinski definition) is 2. The number of aromatic amines is 1. The molecule has 3 rings (SSSR count). The Hall–Kier alpha value is -2.36. The molecule has 0 saturated heterocycles. The number of rotatable bonds is 4. The number of unbranched alkanes of at least 4 members (excludes halogenated alkanes) is 2. The maximum atomic E-state index is 10.0. The lowest BCUT2D eigenvalue weighted by Gasteiger charge is -1.95. The van der Waals surface area contributed by atoms with Crippen LogP contribution in [-0.4, -0.2) is 16.8 Å². The molecule has 0 atom stereocenters. The first kappa shape index (κ1) is 15.0. The summed E-state index contributed by atoms with van der Waals surface area (Å²) in [6, 6.07) is 10.7. The second-order valence-electron chi connectivity index (χ2n) is 5.03. The second-order valence-corrected chi connectivity index (χ2v) is 5.03. The summed E-state index contributed by atoms with van der Waals surface area (Å²) in [7, 11) is 0. The Bertz CT molecular complexity index is 607. The molecule has 4 nitrogen and oxygen atoms in total. The molecule has 21 heavy (non-hydrogen) atoms. The number of nitrogens with one attached hydrogen (secondary N) is 2. The van der Waals surface area contributed by atoms with Gasteiger partial charge in [-0.15, -0.1) is 0 Å². The van der Waals surface area contributed by atoms with E-state index in [0.29, 0.717) is 0 Å². The van der Waals surface area contributed by atoms with Gasteiger partial charge >= 0.3 is 0 Å². The Labute approximate surface area is 124 Å². The van der Waals surface area contributed by atoms with Crippen molar-refractivity contribution in [3.05, 3.63) is 48.2 Å². The predicted molar refractivity (Wildman–Crippen MR) is 83.8 cm³/mol. The molecule has 0 radical (unpaired) electrons. The molecule has 0 spiro atoms. The Kier molecular flexibility index (Phi) is 5.32. The topological polar surface area (TPSA) is 62.0 Å². The van der Waals surface area contributed by atoms with Crippen LogP contribution in [0, 0.1) is 0 Å². The van der Waals surface area contributed by atoms with Crippen LogP contribution in [-0.2, 0) is 16.0 Å². The van der Waals surface area contributed by atoms with Gasteiger partial charge in [0.25, 0.3) is 11.8 Å². The Morgan fingerprint density at radius 3 is 2.29 bits per heavy atom. The lowest BCUT2D eigenvalue weighted by molar-refractivity contribution is -0.123. The maximum absolute atomic E-state index is 10.0. The van der Waals surface area contributed by atoms with Crippen molar-refractivity contribution >= 4 is 22.7 Å². The SMILES string of the molecule is CCCCCc1cc2ccccc2[nH]1.O=C1C=CC(=O)N1. The third-order valence-corrected chi connectivity index (χ3v) is 3.27. The minimum Gasteiger partial charge on any atom is -0.358 e. The van der Waals surface area contributed by atoms with Crippen molar-refractivity contribution in [3.63, 3.8) is 0 Å². The average Bonchev–Trinajstić information content (AvgIpc) is 3.05. The van der Waals surface area contributed by atoms with Crippen LogP contribution in [0.4, 0.5) is 0 Å². The highest BCUT2D eigenvalue weighted by Gasteiger charge is 2.06. The standard InChI is InChI=1S/C13H17N.C4H3NO2/c1-2-3-4-8-12-10-11-7-5-6-9-13(11)14-12;6-3-1-2-4(7)5-3/h5-7,9-10,14H,2-4,8H2,1H3;1-2H,(H,5,6,7). The van der Waals surface area contributed by atoms with Gasteiger partial charge < -0.3 is 4.98 Å². The highest BCUT2D eigenvalue weighted by molar-refractivity contribution is 6.12. The number of imide groups is 1. The van der Waals surface area contributed by atoms with E-state index in [1.165, 1.54) is 54.4 Å². The first-order chi connectivity index (χ1) is 10.2. The van der Waals surface area contributed by atoms with E-state index >= 15 is 0 Å². The molecule has 1 aliphatic heterocycles. The summed E-state index contributed by atoms with van der Waals surface area (Å²) in [5, 5.41) is 3.36. The van der Waals surface area contributed by atoms with Crippen molar-refractivity contribution in [1.29, 1.82) is 0 Å². The zero-order valence-electron chi connectivity index (χ0n) is 12.2. The number of amides is 2. The summed E-state index contributed by atoms with van der Waals surface area (Å²) in [6.07, 6.45) is 7.49. The quantitative estimate of drug-likeness (QED) is 0.669. The normalized spacial score (nSPS) is 13.2. The summed E-state index contributed by atoms with van der Waals surface area (Å²) >= 11 is 0. The van der Waals surface area contributed by atoms with E-state index in [2.05, 4.69) is 42.2 Å². The number of aryl methyl sites for hydroxylation is 1. The van der Waals surface area contributed by atoms with Crippen LogP contribution in [0.25, 0.3) is 10.9 Å². The van der Waals surface area contributed by atoms with Gasteiger partial charge in [0.1, 0.15) is 0 Å². The number of H-pyrrole nitrogens is 1. The number of fused-ring (bicyclic) bond motifs is 1.